The van der Waals surface area contributed by atoms with Crippen LogP contribution in [0, 0.1) is 0 Å². The van der Waals surface area contributed by atoms with E-state index in [2.05, 4.69) is 6.92 Å². The lowest BCUT2D eigenvalue weighted by Gasteiger charge is -1.95. The van der Waals surface area contributed by atoms with Crippen molar-refractivity contribution in [3.05, 3.63) is 0 Å². The molecule has 0 aliphatic rings. The molecule has 0 bridgehead atoms. The van der Waals surface area contributed by atoms with Gasteiger partial charge in [0.25, 0.3) is 0 Å². The van der Waals surface area contributed by atoms with Crippen molar-refractivity contribution in [2.45, 2.75) is 6.92 Å². The molecule has 0 saturated carbocycles. The molecule has 0 aliphatic heterocycles. The maximum absolute atomic E-state index is 5.49. The quantitative estimate of drug-likeness (QED) is 0.460. The molecule has 0 unspecified atom stereocenters. The molecule has 0 spiro atoms. The first kappa shape index (κ1) is 9.99. The standard InChI is InChI=1S/C6H13ClS2/c1-2-8-5-6-9-4-3-7/h2-6H2,1H3. The summed E-state index contributed by atoms with van der Waals surface area (Å²) in [5.74, 6) is 5.66. The summed E-state index contributed by atoms with van der Waals surface area (Å²) < 4.78 is 0. The molecule has 0 fully saturated rings. The zero-order chi connectivity index (χ0) is 6.95. The van der Waals surface area contributed by atoms with Crippen molar-refractivity contribution in [3.8, 4) is 0 Å². The van der Waals surface area contributed by atoms with E-state index in [1.165, 1.54) is 17.3 Å². The van der Waals surface area contributed by atoms with Crippen LogP contribution in [0.2, 0.25) is 0 Å². The van der Waals surface area contributed by atoms with Gasteiger partial charge in [-0.3, -0.25) is 0 Å². The van der Waals surface area contributed by atoms with Crippen LogP contribution in [0.5, 0.6) is 0 Å². The van der Waals surface area contributed by atoms with E-state index < -0.39 is 0 Å². The number of thioether (sulfide) groups is 2. The van der Waals surface area contributed by atoms with Gasteiger partial charge in [-0.1, -0.05) is 6.92 Å². The summed E-state index contributed by atoms with van der Waals surface area (Å²) in [6.45, 7) is 2.19. The molecule has 0 saturated heterocycles. The predicted molar refractivity (Wildman–Crippen MR) is 51.0 cm³/mol. The fourth-order valence-electron chi connectivity index (χ4n) is 0.419. The average Bonchev–Trinajstić information content (AvgIpc) is 1.89. The zero-order valence-corrected chi connectivity index (χ0v) is 8.12. The molecular formula is C6H13ClS2. The predicted octanol–water partition coefficient (Wildman–Crippen LogP) is 2.71. The zero-order valence-electron chi connectivity index (χ0n) is 5.73. The third-order valence-electron chi connectivity index (χ3n) is 0.798. The minimum Gasteiger partial charge on any atom is -0.161 e. The van der Waals surface area contributed by atoms with Gasteiger partial charge in [-0.05, 0) is 5.75 Å². The molecule has 0 nitrogen and oxygen atoms in total. The molecule has 0 atom stereocenters. The molecule has 0 radical (unpaired) electrons. The summed E-state index contributed by atoms with van der Waals surface area (Å²) in [7, 11) is 0. The highest BCUT2D eigenvalue weighted by molar-refractivity contribution is 8.02. The molecule has 0 aromatic rings. The van der Waals surface area contributed by atoms with Gasteiger partial charge in [0, 0.05) is 23.1 Å². The summed E-state index contributed by atoms with van der Waals surface area (Å²) in [5, 5.41) is 0. The van der Waals surface area contributed by atoms with E-state index in [1.54, 1.807) is 0 Å². The maximum atomic E-state index is 5.49. The van der Waals surface area contributed by atoms with Crippen molar-refractivity contribution in [2.24, 2.45) is 0 Å². The monoisotopic (exact) mass is 184 g/mol. The van der Waals surface area contributed by atoms with Crippen LogP contribution in [0.15, 0.2) is 0 Å². The van der Waals surface area contributed by atoms with Crippen molar-refractivity contribution < 1.29 is 0 Å². The Bertz CT molecular complexity index is 44.3. The van der Waals surface area contributed by atoms with Crippen molar-refractivity contribution in [1.29, 1.82) is 0 Å². The van der Waals surface area contributed by atoms with E-state index in [-0.39, 0.29) is 0 Å². The van der Waals surface area contributed by atoms with Crippen LogP contribution in [-0.4, -0.2) is 28.9 Å². The van der Waals surface area contributed by atoms with Crippen LogP contribution in [0.1, 0.15) is 6.92 Å². The molecule has 0 N–H and O–H groups in total. The van der Waals surface area contributed by atoms with Crippen molar-refractivity contribution in [2.75, 3.05) is 28.9 Å². The molecule has 0 aromatic heterocycles. The Morgan fingerprint density at radius 2 is 1.78 bits per heavy atom. The van der Waals surface area contributed by atoms with E-state index in [1.807, 2.05) is 23.5 Å². The maximum Gasteiger partial charge on any atom is 0.0314 e. The largest absolute Gasteiger partial charge is 0.161 e. The van der Waals surface area contributed by atoms with Gasteiger partial charge < -0.3 is 0 Å². The fraction of sp³-hybridized carbons (Fsp3) is 1.00. The second-order valence-corrected chi connectivity index (χ2v) is 4.49. The summed E-state index contributed by atoms with van der Waals surface area (Å²) in [6, 6.07) is 0. The first-order valence-electron chi connectivity index (χ1n) is 3.13. The van der Waals surface area contributed by atoms with Gasteiger partial charge in [0.15, 0.2) is 0 Å². The van der Waals surface area contributed by atoms with Crippen molar-refractivity contribution >= 4 is 35.1 Å². The highest BCUT2D eigenvalue weighted by Crippen LogP contribution is 2.05. The molecule has 0 aromatic carbocycles. The molecule has 9 heavy (non-hydrogen) atoms. The van der Waals surface area contributed by atoms with Gasteiger partial charge in [0.05, 0.1) is 0 Å². The van der Waals surface area contributed by atoms with Crippen LogP contribution in [-0.2, 0) is 0 Å². The Morgan fingerprint density at radius 1 is 1.11 bits per heavy atom. The molecule has 0 amide bonds. The third-order valence-corrected chi connectivity index (χ3v) is 3.36. The van der Waals surface area contributed by atoms with Crippen LogP contribution in [0.25, 0.3) is 0 Å². The second kappa shape index (κ2) is 8.99. The highest BCUT2D eigenvalue weighted by atomic mass is 35.5. The van der Waals surface area contributed by atoms with Gasteiger partial charge in [-0.2, -0.15) is 23.5 Å². The Morgan fingerprint density at radius 3 is 2.33 bits per heavy atom. The van der Waals surface area contributed by atoms with Crippen LogP contribution < -0.4 is 0 Å². The van der Waals surface area contributed by atoms with Gasteiger partial charge in [-0.15, -0.1) is 11.6 Å². The second-order valence-electron chi connectivity index (χ2n) is 1.50. The first-order valence-corrected chi connectivity index (χ1v) is 5.97. The SMILES string of the molecule is CCSCCSCCCl. The molecule has 0 aliphatic carbocycles. The summed E-state index contributed by atoms with van der Waals surface area (Å²) in [6.07, 6.45) is 0. The number of hydrogen-bond donors (Lipinski definition) is 0. The molecule has 56 valence electrons. The number of rotatable bonds is 6. The lowest BCUT2D eigenvalue weighted by atomic mass is 10.9. The third kappa shape index (κ3) is 8.99. The smallest absolute Gasteiger partial charge is 0.0314 e. The van der Waals surface area contributed by atoms with Crippen molar-refractivity contribution in [3.63, 3.8) is 0 Å². The lowest BCUT2D eigenvalue weighted by molar-refractivity contribution is 1.45. The van der Waals surface area contributed by atoms with Gasteiger partial charge in [0.1, 0.15) is 0 Å². The van der Waals surface area contributed by atoms with E-state index in [0.29, 0.717) is 0 Å². The molecule has 3 heteroatoms. The summed E-state index contributed by atoms with van der Waals surface area (Å²) in [4.78, 5) is 0. The Hall–Kier alpha value is 0.990. The Balaban J connectivity index is 2.60. The van der Waals surface area contributed by atoms with E-state index in [4.69, 9.17) is 11.6 Å². The Labute approximate surface area is 71.1 Å². The van der Waals surface area contributed by atoms with Crippen LogP contribution >= 0.6 is 35.1 Å². The molecule has 0 heterocycles. The van der Waals surface area contributed by atoms with Crippen molar-refractivity contribution in [1.82, 2.24) is 0 Å². The van der Waals surface area contributed by atoms with Crippen LogP contribution in [0.4, 0.5) is 0 Å². The van der Waals surface area contributed by atoms with Gasteiger partial charge in [-0.25, -0.2) is 0 Å². The lowest BCUT2D eigenvalue weighted by Crippen LogP contribution is -1.87. The normalized spacial score (nSPS) is 10.0. The molecule has 0 rings (SSSR count). The van der Waals surface area contributed by atoms with E-state index in [0.717, 1.165) is 11.6 Å². The van der Waals surface area contributed by atoms with E-state index in [9.17, 15) is 0 Å². The van der Waals surface area contributed by atoms with E-state index >= 15 is 0 Å². The number of hydrogen-bond acceptors (Lipinski definition) is 2. The van der Waals surface area contributed by atoms with Gasteiger partial charge in [0.2, 0.25) is 0 Å². The number of halogens is 1. The fourth-order valence-corrected chi connectivity index (χ4v) is 2.29. The number of alkyl halides is 1. The topological polar surface area (TPSA) is 0 Å². The molecular weight excluding hydrogens is 172 g/mol. The minimum atomic E-state index is 0.793. The minimum absolute atomic E-state index is 0.793. The van der Waals surface area contributed by atoms with Crippen LogP contribution in [0.3, 0.4) is 0 Å². The summed E-state index contributed by atoms with van der Waals surface area (Å²) in [5.41, 5.74) is 0. The summed E-state index contributed by atoms with van der Waals surface area (Å²) >= 11 is 9.42. The highest BCUT2D eigenvalue weighted by Gasteiger charge is 1.86. The van der Waals surface area contributed by atoms with Gasteiger partial charge >= 0.3 is 0 Å². The Kier molecular flexibility index (Phi) is 9.98. The average molecular weight is 185 g/mol. The first-order chi connectivity index (χ1) is 4.41.